The second-order valence-electron chi connectivity index (χ2n) is 3.96. The molecule has 0 saturated carbocycles. The Balaban J connectivity index is 1.91. The van der Waals surface area contributed by atoms with Crippen LogP contribution in [0, 0.1) is 0 Å². The van der Waals surface area contributed by atoms with Gasteiger partial charge in [-0.15, -0.1) is 0 Å². The fraction of sp³-hybridized carbons (Fsp3) is 0.250. The zero-order valence-corrected chi connectivity index (χ0v) is 10.6. The summed E-state index contributed by atoms with van der Waals surface area (Å²) in [5, 5.41) is 9.96. The van der Waals surface area contributed by atoms with E-state index < -0.39 is 0 Å². The van der Waals surface area contributed by atoms with Gasteiger partial charge in [0.15, 0.2) is 0 Å². The molecule has 2 aromatic rings. The van der Waals surface area contributed by atoms with Crippen molar-refractivity contribution in [2.45, 2.75) is 19.4 Å². The minimum atomic E-state index is -0.188. The summed E-state index contributed by atoms with van der Waals surface area (Å²) in [5.74, 6) is 0.570. The van der Waals surface area contributed by atoms with E-state index in [9.17, 15) is 4.79 Å². The van der Waals surface area contributed by atoms with Gasteiger partial charge in [0.25, 0.3) is 0 Å². The predicted octanol–water partition coefficient (Wildman–Crippen LogP) is 1.88. The SMILES string of the molecule is CC(NC(=O)Cc1ccc(Cl)cc1)c1ncn[nH]1. The Hall–Kier alpha value is -1.88. The molecule has 0 aliphatic carbocycles. The molecule has 0 radical (unpaired) electrons. The van der Waals surface area contributed by atoms with Gasteiger partial charge in [0.1, 0.15) is 12.2 Å². The number of amides is 1. The summed E-state index contributed by atoms with van der Waals surface area (Å²) in [6.45, 7) is 1.85. The number of aromatic nitrogens is 3. The molecule has 1 amide bonds. The third kappa shape index (κ3) is 3.30. The molecule has 94 valence electrons. The molecule has 0 bridgehead atoms. The summed E-state index contributed by atoms with van der Waals surface area (Å²) in [6.07, 6.45) is 1.73. The number of carbonyl (C=O) groups excluding carboxylic acids is 1. The number of carbonyl (C=O) groups is 1. The van der Waals surface area contributed by atoms with Crippen LogP contribution >= 0.6 is 11.6 Å². The molecule has 18 heavy (non-hydrogen) atoms. The Bertz CT molecular complexity index is 509. The highest BCUT2D eigenvalue weighted by Gasteiger charge is 2.12. The van der Waals surface area contributed by atoms with Gasteiger partial charge in [0.2, 0.25) is 5.91 Å². The number of halogens is 1. The van der Waals surface area contributed by atoms with Crippen molar-refractivity contribution in [3.63, 3.8) is 0 Å². The van der Waals surface area contributed by atoms with Gasteiger partial charge in [-0.05, 0) is 24.6 Å². The number of nitrogens with zero attached hydrogens (tertiary/aromatic N) is 2. The second-order valence-corrected chi connectivity index (χ2v) is 4.40. The van der Waals surface area contributed by atoms with E-state index in [-0.39, 0.29) is 11.9 Å². The number of nitrogens with one attached hydrogen (secondary N) is 2. The first-order chi connectivity index (χ1) is 8.65. The maximum absolute atomic E-state index is 11.8. The fourth-order valence-electron chi connectivity index (χ4n) is 1.57. The quantitative estimate of drug-likeness (QED) is 0.886. The van der Waals surface area contributed by atoms with Crippen molar-refractivity contribution in [2.75, 3.05) is 0 Å². The number of rotatable bonds is 4. The van der Waals surface area contributed by atoms with Gasteiger partial charge in [-0.2, -0.15) is 5.10 Å². The van der Waals surface area contributed by atoms with E-state index in [4.69, 9.17) is 11.6 Å². The van der Waals surface area contributed by atoms with Crippen molar-refractivity contribution in [1.29, 1.82) is 0 Å². The number of H-pyrrole nitrogens is 1. The normalized spacial score (nSPS) is 12.1. The maximum Gasteiger partial charge on any atom is 0.224 e. The lowest BCUT2D eigenvalue weighted by Crippen LogP contribution is -2.28. The van der Waals surface area contributed by atoms with E-state index in [1.807, 2.05) is 19.1 Å². The Morgan fingerprint density at radius 1 is 1.44 bits per heavy atom. The lowest BCUT2D eigenvalue weighted by molar-refractivity contribution is -0.121. The number of hydrogen-bond donors (Lipinski definition) is 2. The average Bonchev–Trinajstić information content (AvgIpc) is 2.85. The van der Waals surface area contributed by atoms with Crippen LogP contribution in [0.15, 0.2) is 30.6 Å². The maximum atomic E-state index is 11.8. The molecule has 6 heteroatoms. The smallest absolute Gasteiger partial charge is 0.224 e. The third-order valence-corrected chi connectivity index (χ3v) is 2.75. The third-order valence-electron chi connectivity index (χ3n) is 2.50. The van der Waals surface area contributed by atoms with Crippen molar-refractivity contribution in [1.82, 2.24) is 20.5 Å². The first-order valence-corrected chi connectivity index (χ1v) is 5.92. The van der Waals surface area contributed by atoms with Gasteiger partial charge in [-0.1, -0.05) is 23.7 Å². The van der Waals surface area contributed by atoms with Gasteiger partial charge in [0.05, 0.1) is 12.5 Å². The first-order valence-electron chi connectivity index (χ1n) is 5.54. The summed E-state index contributed by atoms with van der Waals surface area (Å²) in [4.78, 5) is 15.8. The van der Waals surface area contributed by atoms with Gasteiger partial charge >= 0.3 is 0 Å². The predicted molar refractivity (Wildman–Crippen MR) is 68.1 cm³/mol. The van der Waals surface area contributed by atoms with Crippen molar-refractivity contribution < 1.29 is 4.79 Å². The largest absolute Gasteiger partial charge is 0.346 e. The summed E-state index contributed by atoms with van der Waals surface area (Å²) in [7, 11) is 0. The van der Waals surface area contributed by atoms with Crippen LogP contribution in [-0.4, -0.2) is 21.1 Å². The van der Waals surface area contributed by atoms with Crippen LogP contribution < -0.4 is 5.32 Å². The molecule has 0 aliphatic rings. The number of aromatic amines is 1. The van der Waals surface area contributed by atoms with Crippen molar-refractivity contribution >= 4 is 17.5 Å². The summed E-state index contributed by atoms with van der Waals surface area (Å²) in [5.41, 5.74) is 0.918. The Morgan fingerprint density at radius 3 is 2.78 bits per heavy atom. The Morgan fingerprint density at radius 2 is 2.17 bits per heavy atom. The summed E-state index contributed by atoms with van der Waals surface area (Å²) < 4.78 is 0. The topological polar surface area (TPSA) is 70.7 Å². The molecular formula is C12H13ClN4O. The molecule has 0 fully saturated rings. The van der Waals surface area contributed by atoms with Crippen LogP contribution in [0.25, 0.3) is 0 Å². The molecule has 1 heterocycles. The van der Waals surface area contributed by atoms with Crippen molar-refractivity contribution in [2.24, 2.45) is 0 Å². The molecule has 0 aliphatic heterocycles. The molecule has 0 saturated heterocycles. The summed E-state index contributed by atoms with van der Waals surface area (Å²) >= 11 is 5.78. The first kappa shape index (κ1) is 12.6. The van der Waals surface area contributed by atoms with Crippen LogP contribution in [0.2, 0.25) is 5.02 Å². The lowest BCUT2D eigenvalue weighted by atomic mass is 10.1. The molecule has 1 aromatic heterocycles. The van der Waals surface area contributed by atoms with E-state index in [0.29, 0.717) is 17.3 Å². The highest BCUT2D eigenvalue weighted by molar-refractivity contribution is 6.30. The molecule has 5 nitrogen and oxygen atoms in total. The van der Waals surface area contributed by atoms with Gasteiger partial charge < -0.3 is 5.32 Å². The minimum Gasteiger partial charge on any atom is -0.346 e. The van der Waals surface area contributed by atoms with Crippen LogP contribution in [0.1, 0.15) is 24.4 Å². The van der Waals surface area contributed by atoms with Gasteiger partial charge in [-0.25, -0.2) is 4.98 Å². The Labute approximate surface area is 110 Å². The average molecular weight is 265 g/mol. The molecule has 0 spiro atoms. The van der Waals surface area contributed by atoms with Crippen LogP contribution in [0.3, 0.4) is 0 Å². The Kier molecular flexibility index (Phi) is 3.94. The van der Waals surface area contributed by atoms with E-state index in [1.165, 1.54) is 6.33 Å². The van der Waals surface area contributed by atoms with Gasteiger partial charge in [0, 0.05) is 5.02 Å². The number of hydrogen-bond acceptors (Lipinski definition) is 3. The van der Waals surface area contributed by atoms with Crippen LogP contribution in [0.4, 0.5) is 0 Å². The molecule has 2 rings (SSSR count). The van der Waals surface area contributed by atoms with Crippen LogP contribution in [-0.2, 0) is 11.2 Å². The van der Waals surface area contributed by atoms with Crippen molar-refractivity contribution in [3.8, 4) is 0 Å². The highest BCUT2D eigenvalue weighted by atomic mass is 35.5. The van der Waals surface area contributed by atoms with E-state index in [0.717, 1.165) is 5.56 Å². The van der Waals surface area contributed by atoms with E-state index >= 15 is 0 Å². The molecule has 1 unspecified atom stereocenters. The van der Waals surface area contributed by atoms with E-state index in [1.54, 1.807) is 12.1 Å². The zero-order chi connectivity index (χ0) is 13.0. The standard InChI is InChI=1S/C12H13ClN4O/c1-8(12-14-7-15-17-12)16-11(18)6-9-2-4-10(13)5-3-9/h2-5,7-8H,6H2,1H3,(H,16,18)(H,14,15,17). The second kappa shape index (κ2) is 5.64. The fourth-order valence-corrected chi connectivity index (χ4v) is 1.70. The molecular weight excluding hydrogens is 252 g/mol. The lowest BCUT2D eigenvalue weighted by Gasteiger charge is -2.10. The molecule has 1 atom stereocenters. The highest BCUT2D eigenvalue weighted by Crippen LogP contribution is 2.10. The molecule has 2 N–H and O–H groups in total. The number of benzene rings is 1. The summed E-state index contributed by atoms with van der Waals surface area (Å²) in [6, 6.07) is 7.02. The van der Waals surface area contributed by atoms with Crippen LogP contribution in [0.5, 0.6) is 0 Å². The molecule has 1 aromatic carbocycles. The zero-order valence-electron chi connectivity index (χ0n) is 9.85. The monoisotopic (exact) mass is 264 g/mol. The van der Waals surface area contributed by atoms with Crippen molar-refractivity contribution in [3.05, 3.63) is 47.0 Å². The van der Waals surface area contributed by atoms with Gasteiger partial charge in [-0.3, -0.25) is 9.89 Å². The van der Waals surface area contributed by atoms with E-state index in [2.05, 4.69) is 20.5 Å². The minimum absolute atomic E-state index is 0.0683.